The molecule has 1 amide bonds. The molecule has 1 unspecified atom stereocenters. The standard InChI is InChI=1S/C12H21NO/c1-9(12(2,3)4)13-11(14)10-7-5-6-8-10/h7,9H,5-6,8H2,1-4H3,(H,13,14). The van der Waals surface area contributed by atoms with E-state index in [1.165, 1.54) is 0 Å². The smallest absolute Gasteiger partial charge is 0.247 e. The van der Waals surface area contributed by atoms with Crippen LogP contribution in [0.15, 0.2) is 11.6 Å². The molecule has 80 valence electrons. The Morgan fingerprint density at radius 1 is 1.50 bits per heavy atom. The van der Waals surface area contributed by atoms with Gasteiger partial charge in [0.15, 0.2) is 0 Å². The van der Waals surface area contributed by atoms with Crippen molar-refractivity contribution in [1.82, 2.24) is 5.32 Å². The second-order valence-corrected chi connectivity index (χ2v) is 5.18. The molecule has 1 rings (SSSR count). The highest BCUT2D eigenvalue weighted by molar-refractivity contribution is 5.93. The Bertz CT molecular complexity index is 248. The first-order valence-corrected chi connectivity index (χ1v) is 5.41. The van der Waals surface area contributed by atoms with Gasteiger partial charge in [0.2, 0.25) is 5.91 Å². The molecule has 0 spiro atoms. The predicted octanol–water partition coefficient (Wildman–Crippen LogP) is 2.65. The van der Waals surface area contributed by atoms with Crippen LogP contribution in [0.2, 0.25) is 0 Å². The number of carbonyl (C=O) groups is 1. The molecule has 0 saturated carbocycles. The van der Waals surface area contributed by atoms with E-state index in [9.17, 15) is 4.79 Å². The van der Waals surface area contributed by atoms with Crippen LogP contribution in [0.1, 0.15) is 47.0 Å². The fourth-order valence-corrected chi connectivity index (χ4v) is 1.38. The van der Waals surface area contributed by atoms with Crippen molar-refractivity contribution in [2.45, 2.75) is 53.0 Å². The van der Waals surface area contributed by atoms with Gasteiger partial charge in [-0.1, -0.05) is 26.8 Å². The highest BCUT2D eigenvalue weighted by Crippen LogP contribution is 2.21. The summed E-state index contributed by atoms with van der Waals surface area (Å²) in [6.45, 7) is 8.48. The van der Waals surface area contributed by atoms with Gasteiger partial charge in [-0.05, 0) is 31.6 Å². The van der Waals surface area contributed by atoms with E-state index in [0.717, 1.165) is 24.8 Å². The Kier molecular flexibility index (Phi) is 3.35. The average Bonchev–Trinajstić information content (AvgIpc) is 2.53. The molecule has 1 N–H and O–H groups in total. The van der Waals surface area contributed by atoms with Crippen molar-refractivity contribution in [3.05, 3.63) is 11.6 Å². The molecule has 0 aromatic rings. The second kappa shape index (κ2) is 4.16. The minimum atomic E-state index is 0.130. The maximum absolute atomic E-state index is 11.7. The van der Waals surface area contributed by atoms with Gasteiger partial charge in [-0.2, -0.15) is 0 Å². The molecule has 0 saturated heterocycles. The molecule has 0 aromatic heterocycles. The summed E-state index contributed by atoms with van der Waals surface area (Å²) in [7, 11) is 0. The zero-order chi connectivity index (χ0) is 10.8. The Hall–Kier alpha value is -0.790. The van der Waals surface area contributed by atoms with Gasteiger partial charge in [0.25, 0.3) is 0 Å². The fraction of sp³-hybridized carbons (Fsp3) is 0.750. The molecule has 2 nitrogen and oxygen atoms in total. The molecule has 1 aliphatic carbocycles. The summed E-state index contributed by atoms with van der Waals surface area (Å²) >= 11 is 0. The van der Waals surface area contributed by atoms with E-state index < -0.39 is 0 Å². The number of hydrogen-bond donors (Lipinski definition) is 1. The van der Waals surface area contributed by atoms with E-state index in [-0.39, 0.29) is 17.4 Å². The van der Waals surface area contributed by atoms with Gasteiger partial charge in [-0.25, -0.2) is 0 Å². The number of amides is 1. The molecule has 0 aliphatic heterocycles. The van der Waals surface area contributed by atoms with Gasteiger partial charge in [0.1, 0.15) is 0 Å². The molecular formula is C12H21NO. The van der Waals surface area contributed by atoms with Crippen molar-refractivity contribution in [2.24, 2.45) is 5.41 Å². The van der Waals surface area contributed by atoms with Crippen molar-refractivity contribution >= 4 is 5.91 Å². The summed E-state index contributed by atoms with van der Waals surface area (Å²) in [6, 6.07) is 0.219. The van der Waals surface area contributed by atoms with Crippen LogP contribution < -0.4 is 5.32 Å². The summed E-state index contributed by atoms with van der Waals surface area (Å²) in [5.74, 6) is 0.130. The van der Waals surface area contributed by atoms with E-state index >= 15 is 0 Å². The maximum Gasteiger partial charge on any atom is 0.247 e. The van der Waals surface area contributed by atoms with Crippen molar-refractivity contribution < 1.29 is 4.79 Å². The molecule has 0 aromatic carbocycles. The maximum atomic E-state index is 11.7. The van der Waals surface area contributed by atoms with E-state index in [2.05, 4.69) is 39.1 Å². The zero-order valence-electron chi connectivity index (χ0n) is 9.68. The third-order valence-electron chi connectivity index (χ3n) is 2.98. The van der Waals surface area contributed by atoms with E-state index in [0.29, 0.717) is 0 Å². The lowest BCUT2D eigenvalue weighted by molar-refractivity contribution is -0.118. The first kappa shape index (κ1) is 11.3. The molecule has 0 fully saturated rings. The normalized spacial score (nSPS) is 19.0. The van der Waals surface area contributed by atoms with Gasteiger partial charge in [-0.3, -0.25) is 4.79 Å². The first-order chi connectivity index (χ1) is 6.41. The second-order valence-electron chi connectivity index (χ2n) is 5.18. The number of rotatable bonds is 2. The summed E-state index contributed by atoms with van der Waals surface area (Å²) in [5.41, 5.74) is 1.11. The summed E-state index contributed by atoms with van der Waals surface area (Å²) in [5, 5.41) is 3.05. The van der Waals surface area contributed by atoms with Gasteiger partial charge in [0, 0.05) is 11.6 Å². The highest BCUT2D eigenvalue weighted by Gasteiger charge is 2.23. The Labute approximate surface area is 86.8 Å². The molecule has 1 aliphatic rings. The minimum absolute atomic E-state index is 0.130. The van der Waals surface area contributed by atoms with Crippen molar-refractivity contribution in [3.63, 3.8) is 0 Å². The predicted molar refractivity (Wildman–Crippen MR) is 59.0 cm³/mol. The summed E-state index contributed by atoms with van der Waals surface area (Å²) in [4.78, 5) is 11.7. The number of hydrogen-bond acceptors (Lipinski definition) is 1. The number of nitrogens with one attached hydrogen (secondary N) is 1. The first-order valence-electron chi connectivity index (χ1n) is 5.41. The quantitative estimate of drug-likeness (QED) is 0.721. The van der Waals surface area contributed by atoms with Gasteiger partial charge >= 0.3 is 0 Å². The number of carbonyl (C=O) groups excluding carboxylic acids is 1. The third-order valence-corrected chi connectivity index (χ3v) is 2.98. The third kappa shape index (κ3) is 2.86. The topological polar surface area (TPSA) is 29.1 Å². The van der Waals surface area contributed by atoms with Crippen LogP contribution in [-0.4, -0.2) is 11.9 Å². The van der Waals surface area contributed by atoms with Crippen LogP contribution >= 0.6 is 0 Å². The molecule has 0 radical (unpaired) electrons. The fourth-order valence-electron chi connectivity index (χ4n) is 1.38. The Balaban J connectivity index is 2.48. The number of allylic oxidation sites excluding steroid dienone is 1. The SMILES string of the molecule is CC(NC(=O)C1=CCCC1)C(C)(C)C. The van der Waals surface area contributed by atoms with Crippen molar-refractivity contribution in [2.75, 3.05) is 0 Å². The molecular weight excluding hydrogens is 174 g/mol. The van der Waals surface area contributed by atoms with Crippen LogP contribution in [0, 0.1) is 5.41 Å². The van der Waals surface area contributed by atoms with Gasteiger partial charge < -0.3 is 5.32 Å². The van der Waals surface area contributed by atoms with Crippen LogP contribution in [0.25, 0.3) is 0 Å². The zero-order valence-corrected chi connectivity index (χ0v) is 9.68. The van der Waals surface area contributed by atoms with E-state index in [1.54, 1.807) is 0 Å². The van der Waals surface area contributed by atoms with E-state index in [1.807, 2.05) is 0 Å². The van der Waals surface area contributed by atoms with Crippen molar-refractivity contribution in [3.8, 4) is 0 Å². The molecule has 0 heterocycles. The van der Waals surface area contributed by atoms with Crippen molar-refractivity contribution in [1.29, 1.82) is 0 Å². The molecule has 14 heavy (non-hydrogen) atoms. The Morgan fingerprint density at radius 3 is 2.57 bits per heavy atom. The van der Waals surface area contributed by atoms with Crippen LogP contribution in [0.3, 0.4) is 0 Å². The molecule has 1 atom stereocenters. The highest BCUT2D eigenvalue weighted by atomic mass is 16.1. The van der Waals surface area contributed by atoms with Crippen LogP contribution in [-0.2, 0) is 4.79 Å². The molecule has 0 bridgehead atoms. The average molecular weight is 195 g/mol. The minimum Gasteiger partial charge on any atom is -0.349 e. The lowest BCUT2D eigenvalue weighted by Gasteiger charge is -2.28. The van der Waals surface area contributed by atoms with Gasteiger partial charge in [0.05, 0.1) is 0 Å². The van der Waals surface area contributed by atoms with Crippen LogP contribution in [0.4, 0.5) is 0 Å². The lowest BCUT2D eigenvalue weighted by Crippen LogP contribution is -2.41. The Morgan fingerprint density at radius 2 is 2.14 bits per heavy atom. The van der Waals surface area contributed by atoms with Crippen LogP contribution in [0.5, 0.6) is 0 Å². The lowest BCUT2D eigenvalue weighted by atomic mass is 9.88. The van der Waals surface area contributed by atoms with E-state index in [4.69, 9.17) is 0 Å². The monoisotopic (exact) mass is 195 g/mol. The summed E-state index contributed by atoms with van der Waals surface area (Å²) < 4.78 is 0. The molecule has 2 heteroatoms. The van der Waals surface area contributed by atoms with Gasteiger partial charge in [-0.15, -0.1) is 0 Å². The summed E-state index contributed by atoms with van der Waals surface area (Å²) in [6.07, 6.45) is 5.20. The largest absolute Gasteiger partial charge is 0.349 e.